The summed E-state index contributed by atoms with van der Waals surface area (Å²) >= 11 is 0. The van der Waals surface area contributed by atoms with Gasteiger partial charge in [0.1, 0.15) is 5.78 Å². The van der Waals surface area contributed by atoms with Crippen LogP contribution >= 0.6 is 0 Å². The monoisotopic (exact) mass is 237 g/mol. The van der Waals surface area contributed by atoms with Crippen LogP contribution < -0.4 is 5.32 Å². The highest BCUT2D eigenvalue weighted by Gasteiger charge is 2.11. The number of aromatic nitrogens is 2. The fourth-order valence-corrected chi connectivity index (χ4v) is 1.80. The zero-order valence-electron chi connectivity index (χ0n) is 11.2. The van der Waals surface area contributed by atoms with E-state index >= 15 is 0 Å². The Morgan fingerprint density at radius 3 is 2.71 bits per heavy atom. The molecule has 4 nitrogen and oxygen atoms in total. The molecule has 0 saturated heterocycles. The van der Waals surface area contributed by atoms with Gasteiger partial charge in [0, 0.05) is 24.7 Å². The van der Waals surface area contributed by atoms with E-state index in [1.165, 1.54) is 0 Å². The van der Waals surface area contributed by atoms with Gasteiger partial charge in [-0.15, -0.1) is 0 Å². The third-order valence-corrected chi connectivity index (χ3v) is 2.66. The lowest BCUT2D eigenvalue weighted by Gasteiger charge is -2.10. The highest BCUT2D eigenvalue weighted by molar-refractivity contribution is 5.80. The molecule has 1 unspecified atom stereocenters. The van der Waals surface area contributed by atoms with Crippen molar-refractivity contribution in [2.45, 2.75) is 52.6 Å². The largest absolute Gasteiger partial charge is 0.314 e. The first kappa shape index (κ1) is 13.9. The Balaban J connectivity index is 2.44. The molecule has 17 heavy (non-hydrogen) atoms. The van der Waals surface area contributed by atoms with Crippen molar-refractivity contribution >= 4 is 5.78 Å². The van der Waals surface area contributed by atoms with Crippen LogP contribution in [0.15, 0.2) is 12.3 Å². The molecular weight excluding hydrogens is 214 g/mol. The summed E-state index contributed by atoms with van der Waals surface area (Å²) in [4.78, 5) is 11.8. The average molecular weight is 237 g/mol. The van der Waals surface area contributed by atoms with Gasteiger partial charge in [0.25, 0.3) is 0 Å². The number of hydrogen-bond donors (Lipinski definition) is 1. The molecule has 0 aliphatic heterocycles. The molecule has 0 amide bonds. The molecule has 1 aromatic heterocycles. The molecule has 96 valence electrons. The van der Waals surface area contributed by atoms with Crippen molar-refractivity contribution in [3.63, 3.8) is 0 Å². The summed E-state index contributed by atoms with van der Waals surface area (Å²) in [5, 5.41) is 7.62. The number of nitrogens with zero attached hydrogens (tertiary/aromatic N) is 2. The van der Waals surface area contributed by atoms with Crippen LogP contribution in [0.1, 0.15) is 45.9 Å². The van der Waals surface area contributed by atoms with E-state index < -0.39 is 0 Å². The molecule has 0 spiro atoms. The molecule has 1 atom stereocenters. The fourth-order valence-electron chi connectivity index (χ4n) is 1.80. The summed E-state index contributed by atoms with van der Waals surface area (Å²) in [6.45, 7) is 9.13. The minimum Gasteiger partial charge on any atom is -0.314 e. The Morgan fingerprint density at radius 2 is 2.18 bits per heavy atom. The van der Waals surface area contributed by atoms with Gasteiger partial charge in [-0.1, -0.05) is 6.92 Å². The summed E-state index contributed by atoms with van der Waals surface area (Å²) < 4.78 is 1.89. The van der Waals surface area contributed by atoms with Crippen molar-refractivity contribution in [1.82, 2.24) is 15.1 Å². The van der Waals surface area contributed by atoms with E-state index in [0.29, 0.717) is 18.9 Å². The van der Waals surface area contributed by atoms with E-state index in [-0.39, 0.29) is 11.8 Å². The number of rotatable bonds is 7. The Morgan fingerprint density at radius 1 is 1.47 bits per heavy atom. The molecule has 0 aromatic carbocycles. The number of Topliss-reactive ketones (excluding diaryl/α,β-unsaturated/α-hetero) is 1. The van der Waals surface area contributed by atoms with Crippen LogP contribution in [-0.2, 0) is 11.2 Å². The van der Waals surface area contributed by atoms with Crippen molar-refractivity contribution < 1.29 is 4.79 Å². The summed E-state index contributed by atoms with van der Waals surface area (Å²) in [7, 11) is 0. The Bertz CT molecular complexity index is 357. The normalized spacial score (nSPS) is 13.0. The topological polar surface area (TPSA) is 46.9 Å². The quantitative estimate of drug-likeness (QED) is 0.788. The van der Waals surface area contributed by atoms with Gasteiger partial charge in [-0.2, -0.15) is 5.10 Å². The summed E-state index contributed by atoms with van der Waals surface area (Å²) in [6.07, 6.45) is 2.94. The summed E-state index contributed by atoms with van der Waals surface area (Å²) in [5.74, 6) is 0.243. The molecule has 1 N–H and O–H groups in total. The van der Waals surface area contributed by atoms with Gasteiger partial charge in [0.05, 0.1) is 12.1 Å². The van der Waals surface area contributed by atoms with E-state index in [1.807, 2.05) is 30.8 Å². The van der Waals surface area contributed by atoms with E-state index in [9.17, 15) is 4.79 Å². The van der Waals surface area contributed by atoms with Crippen LogP contribution in [0.3, 0.4) is 0 Å². The molecule has 0 bridgehead atoms. The third-order valence-electron chi connectivity index (χ3n) is 2.66. The summed E-state index contributed by atoms with van der Waals surface area (Å²) in [6, 6.07) is 2.52. The lowest BCUT2D eigenvalue weighted by atomic mass is 10.1. The Hall–Kier alpha value is -1.16. The van der Waals surface area contributed by atoms with Crippen LogP contribution in [0.4, 0.5) is 0 Å². The molecule has 0 radical (unpaired) electrons. The smallest absolute Gasteiger partial charge is 0.140 e. The molecule has 1 rings (SSSR count). The zero-order chi connectivity index (χ0) is 12.8. The first-order chi connectivity index (χ1) is 8.02. The second kappa shape index (κ2) is 6.55. The fraction of sp³-hybridized carbons (Fsp3) is 0.692. The van der Waals surface area contributed by atoms with Crippen molar-refractivity contribution in [1.29, 1.82) is 0 Å². The minimum absolute atomic E-state index is 0.243. The molecule has 1 heterocycles. The van der Waals surface area contributed by atoms with E-state index in [2.05, 4.69) is 24.3 Å². The molecule has 0 aliphatic carbocycles. The lowest BCUT2D eigenvalue weighted by Crippen LogP contribution is -2.28. The average Bonchev–Trinajstić information content (AvgIpc) is 2.66. The molecular formula is C13H23N3O. The molecule has 0 aliphatic rings. The van der Waals surface area contributed by atoms with Gasteiger partial charge in [0.2, 0.25) is 0 Å². The number of ketones is 1. The Labute approximate surface area is 103 Å². The molecule has 0 saturated carbocycles. The standard InChI is InChI=1S/C13H23N3O/c1-5-14-11(4)8-13(17)9-12-6-7-16(15-12)10(2)3/h6-7,10-11,14H,5,8-9H2,1-4H3. The second-order valence-electron chi connectivity index (χ2n) is 4.76. The predicted molar refractivity (Wildman–Crippen MR) is 69.1 cm³/mol. The van der Waals surface area contributed by atoms with Crippen LogP contribution in [0.2, 0.25) is 0 Å². The first-order valence-electron chi connectivity index (χ1n) is 6.32. The van der Waals surface area contributed by atoms with Crippen LogP contribution in [0, 0.1) is 0 Å². The molecule has 4 heteroatoms. The first-order valence-corrected chi connectivity index (χ1v) is 6.32. The van der Waals surface area contributed by atoms with E-state index in [0.717, 1.165) is 12.2 Å². The molecule has 0 fully saturated rings. The van der Waals surface area contributed by atoms with Crippen LogP contribution in [0.5, 0.6) is 0 Å². The Kier molecular flexibility index (Phi) is 5.35. The van der Waals surface area contributed by atoms with E-state index in [1.54, 1.807) is 0 Å². The zero-order valence-corrected chi connectivity index (χ0v) is 11.2. The second-order valence-corrected chi connectivity index (χ2v) is 4.76. The van der Waals surface area contributed by atoms with Gasteiger partial charge in [-0.05, 0) is 33.4 Å². The SMILES string of the molecule is CCNC(C)CC(=O)Cc1ccn(C(C)C)n1. The van der Waals surface area contributed by atoms with Gasteiger partial charge < -0.3 is 5.32 Å². The maximum Gasteiger partial charge on any atom is 0.140 e. The number of hydrogen-bond acceptors (Lipinski definition) is 3. The van der Waals surface area contributed by atoms with Gasteiger partial charge >= 0.3 is 0 Å². The van der Waals surface area contributed by atoms with Gasteiger partial charge in [0.15, 0.2) is 0 Å². The van der Waals surface area contributed by atoms with Crippen LogP contribution in [0.25, 0.3) is 0 Å². The number of nitrogens with one attached hydrogen (secondary N) is 1. The van der Waals surface area contributed by atoms with Crippen molar-refractivity contribution in [3.05, 3.63) is 18.0 Å². The maximum atomic E-state index is 11.8. The van der Waals surface area contributed by atoms with Crippen molar-refractivity contribution in [2.75, 3.05) is 6.54 Å². The summed E-state index contributed by atoms with van der Waals surface area (Å²) in [5.41, 5.74) is 0.868. The van der Waals surface area contributed by atoms with Crippen molar-refractivity contribution in [3.8, 4) is 0 Å². The lowest BCUT2D eigenvalue weighted by molar-refractivity contribution is -0.118. The van der Waals surface area contributed by atoms with Crippen molar-refractivity contribution in [2.24, 2.45) is 0 Å². The van der Waals surface area contributed by atoms with Gasteiger partial charge in [-0.3, -0.25) is 9.48 Å². The number of carbonyl (C=O) groups is 1. The number of carbonyl (C=O) groups excluding carboxylic acids is 1. The third kappa shape index (κ3) is 4.69. The maximum absolute atomic E-state index is 11.8. The van der Waals surface area contributed by atoms with Crippen LogP contribution in [-0.4, -0.2) is 28.2 Å². The highest BCUT2D eigenvalue weighted by Crippen LogP contribution is 2.06. The highest BCUT2D eigenvalue weighted by atomic mass is 16.1. The molecule has 1 aromatic rings. The minimum atomic E-state index is 0.243. The van der Waals surface area contributed by atoms with Gasteiger partial charge in [-0.25, -0.2) is 0 Å². The van der Waals surface area contributed by atoms with E-state index in [4.69, 9.17) is 0 Å². The predicted octanol–water partition coefficient (Wildman–Crippen LogP) is 1.96.